The Morgan fingerprint density at radius 2 is 2.05 bits per heavy atom. The molecule has 0 aromatic heterocycles. The summed E-state index contributed by atoms with van der Waals surface area (Å²) in [6.45, 7) is 2.16. The van der Waals surface area contributed by atoms with Crippen LogP contribution in [0.5, 0.6) is 5.75 Å². The zero-order valence-corrected chi connectivity index (χ0v) is 11.0. The van der Waals surface area contributed by atoms with Gasteiger partial charge in [0.25, 0.3) is 0 Å². The van der Waals surface area contributed by atoms with Crippen molar-refractivity contribution in [1.29, 1.82) is 5.26 Å². The van der Waals surface area contributed by atoms with Gasteiger partial charge in [-0.15, -0.1) is 0 Å². The van der Waals surface area contributed by atoms with Gasteiger partial charge in [-0.3, -0.25) is 0 Å². The molecule has 0 atom stereocenters. The summed E-state index contributed by atoms with van der Waals surface area (Å²) in [6, 6.07) is 11.5. The average molecular weight is 276 g/mol. The van der Waals surface area contributed by atoms with Crippen molar-refractivity contribution in [2.24, 2.45) is 0 Å². The van der Waals surface area contributed by atoms with Gasteiger partial charge in [0, 0.05) is 5.02 Å². The van der Waals surface area contributed by atoms with Crippen LogP contribution in [0.25, 0.3) is 0 Å². The van der Waals surface area contributed by atoms with Gasteiger partial charge in [-0.25, -0.2) is 4.39 Å². The van der Waals surface area contributed by atoms with Crippen molar-refractivity contribution in [2.75, 3.05) is 0 Å². The molecule has 2 rings (SSSR count). The zero-order chi connectivity index (χ0) is 13.8. The first kappa shape index (κ1) is 13.4. The fourth-order valence-corrected chi connectivity index (χ4v) is 1.74. The highest BCUT2D eigenvalue weighted by molar-refractivity contribution is 6.31. The third-order valence-electron chi connectivity index (χ3n) is 2.69. The van der Waals surface area contributed by atoms with E-state index in [2.05, 4.69) is 0 Å². The van der Waals surface area contributed by atoms with Gasteiger partial charge in [-0.1, -0.05) is 17.7 Å². The third-order valence-corrected chi connectivity index (χ3v) is 3.11. The Morgan fingerprint density at radius 1 is 1.26 bits per heavy atom. The summed E-state index contributed by atoms with van der Waals surface area (Å²) in [4.78, 5) is 0. The minimum Gasteiger partial charge on any atom is -0.489 e. The minimum absolute atomic E-state index is 0.0217. The summed E-state index contributed by atoms with van der Waals surface area (Å²) < 4.78 is 18.7. The van der Waals surface area contributed by atoms with Gasteiger partial charge in [-0.05, 0) is 48.4 Å². The van der Waals surface area contributed by atoms with E-state index in [0.29, 0.717) is 10.8 Å². The molecule has 4 heteroatoms. The number of ether oxygens (including phenoxy) is 1. The van der Waals surface area contributed by atoms with E-state index in [1.807, 2.05) is 13.0 Å². The molecule has 0 fully saturated rings. The van der Waals surface area contributed by atoms with E-state index in [1.54, 1.807) is 24.3 Å². The smallest absolute Gasteiger partial charge is 0.140 e. The molecule has 0 N–H and O–H groups in total. The quantitative estimate of drug-likeness (QED) is 0.839. The molecule has 0 amide bonds. The second-order valence-electron chi connectivity index (χ2n) is 4.13. The van der Waals surface area contributed by atoms with Gasteiger partial charge in [-0.2, -0.15) is 5.26 Å². The molecule has 2 aromatic carbocycles. The Bertz CT molecular complexity index is 649. The molecule has 19 heavy (non-hydrogen) atoms. The molecule has 0 aliphatic carbocycles. The number of hydrogen-bond donors (Lipinski definition) is 0. The molecule has 0 radical (unpaired) electrons. The molecule has 96 valence electrons. The summed E-state index contributed by atoms with van der Waals surface area (Å²) in [7, 11) is 0. The van der Waals surface area contributed by atoms with Crippen LogP contribution in [0.15, 0.2) is 36.4 Å². The molecule has 0 saturated carbocycles. The minimum atomic E-state index is -0.520. The lowest BCUT2D eigenvalue weighted by atomic mass is 10.1. The highest BCUT2D eigenvalue weighted by atomic mass is 35.5. The van der Waals surface area contributed by atoms with E-state index in [4.69, 9.17) is 21.6 Å². The highest BCUT2D eigenvalue weighted by Gasteiger charge is 2.04. The Hall–Kier alpha value is -2.05. The van der Waals surface area contributed by atoms with E-state index in [-0.39, 0.29) is 12.2 Å². The van der Waals surface area contributed by atoms with Crippen molar-refractivity contribution >= 4 is 11.6 Å². The molecular weight excluding hydrogens is 265 g/mol. The zero-order valence-electron chi connectivity index (χ0n) is 10.3. The number of halogens is 2. The summed E-state index contributed by atoms with van der Waals surface area (Å²) >= 11 is 5.92. The molecule has 2 aromatic rings. The van der Waals surface area contributed by atoms with Crippen LogP contribution in [0.1, 0.15) is 16.7 Å². The lowest BCUT2D eigenvalue weighted by Crippen LogP contribution is -1.97. The Morgan fingerprint density at radius 3 is 2.74 bits per heavy atom. The molecule has 0 heterocycles. The fourth-order valence-electron chi connectivity index (χ4n) is 1.62. The predicted octanol–water partition coefficient (Wildman–Crippen LogP) is 4.24. The summed E-state index contributed by atoms with van der Waals surface area (Å²) in [5.74, 6) is 0.165. The van der Waals surface area contributed by atoms with Crippen LogP contribution in [-0.2, 0) is 6.61 Å². The van der Waals surface area contributed by atoms with Gasteiger partial charge in [0.05, 0.1) is 5.56 Å². The standard InChI is InChI=1S/C15H11ClFNO/c1-10-6-13(3-4-14(10)16)19-9-11-2-5-15(17)12(7-11)8-18/h2-7H,9H2,1H3. The Labute approximate surface area is 116 Å². The van der Waals surface area contributed by atoms with Crippen molar-refractivity contribution in [3.8, 4) is 11.8 Å². The first-order valence-electron chi connectivity index (χ1n) is 5.67. The molecule has 0 spiro atoms. The average Bonchev–Trinajstić information content (AvgIpc) is 2.41. The van der Waals surface area contributed by atoms with Crippen molar-refractivity contribution < 1.29 is 9.13 Å². The van der Waals surface area contributed by atoms with Gasteiger partial charge >= 0.3 is 0 Å². The monoisotopic (exact) mass is 275 g/mol. The maximum absolute atomic E-state index is 13.2. The van der Waals surface area contributed by atoms with Crippen LogP contribution in [0.4, 0.5) is 4.39 Å². The molecule has 2 nitrogen and oxygen atoms in total. The van der Waals surface area contributed by atoms with Gasteiger partial charge < -0.3 is 4.74 Å². The van der Waals surface area contributed by atoms with Crippen LogP contribution >= 0.6 is 11.6 Å². The Balaban J connectivity index is 2.10. The van der Waals surface area contributed by atoms with E-state index in [1.165, 1.54) is 12.1 Å². The number of nitriles is 1. The summed E-state index contributed by atoms with van der Waals surface area (Å²) in [5, 5.41) is 9.43. The normalized spacial score (nSPS) is 10.0. The lowest BCUT2D eigenvalue weighted by Gasteiger charge is -2.08. The SMILES string of the molecule is Cc1cc(OCc2ccc(F)c(C#N)c2)ccc1Cl. The highest BCUT2D eigenvalue weighted by Crippen LogP contribution is 2.22. The molecule has 0 unspecified atom stereocenters. The molecule has 0 bridgehead atoms. The van der Waals surface area contributed by atoms with Crippen LogP contribution in [0.3, 0.4) is 0 Å². The first-order chi connectivity index (χ1) is 9.10. The Kier molecular flexibility index (Phi) is 4.03. The van der Waals surface area contributed by atoms with Crippen molar-refractivity contribution in [3.63, 3.8) is 0 Å². The molecule has 0 aliphatic heterocycles. The predicted molar refractivity (Wildman–Crippen MR) is 71.6 cm³/mol. The summed E-state index contributed by atoms with van der Waals surface area (Å²) in [6.07, 6.45) is 0. The van der Waals surface area contributed by atoms with Crippen molar-refractivity contribution in [3.05, 3.63) is 63.9 Å². The second kappa shape index (κ2) is 5.73. The van der Waals surface area contributed by atoms with E-state index in [0.717, 1.165) is 11.1 Å². The van der Waals surface area contributed by atoms with E-state index in [9.17, 15) is 4.39 Å². The van der Waals surface area contributed by atoms with Crippen molar-refractivity contribution in [1.82, 2.24) is 0 Å². The third kappa shape index (κ3) is 3.24. The maximum atomic E-state index is 13.2. The number of rotatable bonds is 3. The van der Waals surface area contributed by atoms with Gasteiger partial charge in [0.15, 0.2) is 0 Å². The summed E-state index contributed by atoms with van der Waals surface area (Å²) in [5.41, 5.74) is 1.69. The topological polar surface area (TPSA) is 33.0 Å². The number of aryl methyl sites for hydroxylation is 1. The van der Waals surface area contributed by atoms with Crippen LogP contribution in [0.2, 0.25) is 5.02 Å². The number of benzene rings is 2. The number of nitrogens with zero attached hydrogens (tertiary/aromatic N) is 1. The molecule has 0 aliphatic rings. The number of hydrogen-bond acceptors (Lipinski definition) is 2. The maximum Gasteiger partial charge on any atom is 0.140 e. The largest absolute Gasteiger partial charge is 0.489 e. The fraction of sp³-hybridized carbons (Fsp3) is 0.133. The van der Waals surface area contributed by atoms with Crippen LogP contribution < -0.4 is 4.74 Å². The van der Waals surface area contributed by atoms with E-state index >= 15 is 0 Å². The lowest BCUT2D eigenvalue weighted by molar-refractivity contribution is 0.306. The van der Waals surface area contributed by atoms with Gasteiger partial charge in [0.2, 0.25) is 0 Å². The van der Waals surface area contributed by atoms with Crippen LogP contribution in [-0.4, -0.2) is 0 Å². The second-order valence-corrected chi connectivity index (χ2v) is 4.53. The molecule has 0 saturated heterocycles. The van der Waals surface area contributed by atoms with Gasteiger partial charge in [0.1, 0.15) is 24.2 Å². The molecular formula is C15H11ClFNO. The van der Waals surface area contributed by atoms with E-state index < -0.39 is 5.82 Å². The first-order valence-corrected chi connectivity index (χ1v) is 6.05. The van der Waals surface area contributed by atoms with Crippen LogP contribution in [0, 0.1) is 24.1 Å². The van der Waals surface area contributed by atoms with Crippen molar-refractivity contribution in [2.45, 2.75) is 13.5 Å².